The van der Waals surface area contributed by atoms with Crippen LogP contribution in [0.25, 0.3) is 0 Å². The van der Waals surface area contributed by atoms with Gasteiger partial charge in [-0.1, -0.05) is 6.07 Å². The van der Waals surface area contributed by atoms with E-state index in [1.807, 2.05) is 6.07 Å². The number of nitrogens with one attached hydrogen (secondary N) is 1. The number of aliphatic hydroxyl groups is 1. The van der Waals surface area contributed by atoms with Crippen LogP contribution in [0.4, 0.5) is 0 Å². The fourth-order valence-corrected chi connectivity index (χ4v) is 1.95. The van der Waals surface area contributed by atoms with Gasteiger partial charge in [0, 0.05) is 12.1 Å². The molecule has 3 N–H and O–H groups in total. The summed E-state index contributed by atoms with van der Waals surface area (Å²) in [7, 11) is 0. The molecule has 0 fully saturated rings. The lowest BCUT2D eigenvalue weighted by Crippen LogP contribution is -2.44. The fourth-order valence-electron chi connectivity index (χ4n) is 1.95. The Hall–Kier alpha value is -1.06. The predicted octanol–water partition coefficient (Wildman–Crippen LogP) is 1.26. The topological polar surface area (TPSA) is 52.5 Å². The van der Waals surface area contributed by atoms with Gasteiger partial charge in [0.15, 0.2) is 0 Å². The summed E-state index contributed by atoms with van der Waals surface area (Å²) in [6.45, 7) is 4.66. The Morgan fingerprint density at radius 2 is 2.14 bits per heavy atom. The summed E-state index contributed by atoms with van der Waals surface area (Å²) < 4.78 is 0. The molecule has 0 radical (unpaired) electrons. The van der Waals surface area contributed by atoms with E-state index in [0.29, 0.717) is 6.54 Å². The zero-order chi connectivity index (χ0) is 10.3. The number of hydrogen-bond acceptors (Lipinski definition) is 3. The molecule has 2 rings (SSSR count). The Kier molecular flexibility index (Phi) is 2.01. The molecule has 0 saturated heterocycles. The van der Waals surface area contributed by atoms with Crippen LogP contribution in [0.15, 0.2) is 18.2 Å². The third-order valence-electron chi connectivity index (χ3n) is 2.80. The molecule has 0 unspecified atom stereocenters. The van der Waals surface area contributed by atoms with Crippen molar-refractivity contribution < 1.29 is 10.2 Å². The van der Waals surface area contributed by atoms with E-state index in [0.717, 1.165) is 11.1 Å². The Morgan fingerprint density at radius 3 is 2.86 bits per heavy atom. The van der Waals surface area contributed by atoms with E-state index in [1.54, 1.807) is 12.1 Å². The predicted molar refractivity (Wildman–Crippen MR) is 54.1 cm³/mol. The van der Waals surface area contributed by atoms with E-state index in [2.05, 4.69) is 19.2 Å². The van der Waals surface area contributed by atoms with Crippen molar-refractivity contribution in [3.05, 3.63) is 29.3 Å². The van der Waals surface area contributed by atoms with Crippen LogP contribution in [0.5, 0.6) is 5.75 Å². The molecule has 1 aliphatic rings. The van der Waals surface area contributed by atoms with Crippen molar-refractivity contribution in [1.82, 2.24) is 5.32 Å². The molecular weight excluding hydrogens is 178 g/mol. The third kappa shape index (κ3) is 1.38. The summed E-state index contributed by atoms with van der Waals surface area (Å²) >= 11 is 0. The molecule has 0 spiro atoms. The first-order valence-corrected chi connectivity index (χ1v) is 4.77. The number of benzene rings is 1. The van der Waals surface area contributed by atoms with Crippen LogP contribution in [-0.4, -0.2) is 16.8 Å². The van der Waals surface area contributed by atoms with Crippen molar-refractivity contribution in [2.75, 3.05) is 6.54 Å². The van der Waals surface area contributed by atoms with Crippen molar-refractivity contribution in [3.8, 4) is 5.75 Å². The normalized spacial score (nSPS) is 24.4. The monoisotopic (exact) mass is 193 g/mol. The maximum absolute atomic E-state index is 9.74. The van der Waals surface area contributed by atoms with Crippen molar-refractivity contribution in [2.24, 2.45) is 0 Å². The van der Waals surface area contributed by atoms with E-state index in [9.17, 15) is 10.2 Å². The second-order valence-electron chi connectivity index (χ2n) is 4.29. The molecule has 3 heteroatoms. The lowest BCUT2D eigenvalue weighted by atomic mass is 9.84. The van der Waals surface area contributed by atoms with Gasteiger partial charge < -0.3 is 15.5 Å². The molecule has 1 aliphatic heterocycles. The van der Waals surface area contributed by atoms with Gasteiger partial charge in [0.25, 0.3) is 0 Å². The number of phenolic OH excluding ortho intramolecular Hbond substituents is 1. The first kappa shape index (κ1) is 9.49. The van der Waals surface area contributed by atoms with Crippen molar-refractivity contribution in [1.29, 1.82) is 0 Å². The molecule has 1 heterocycles. The number of rotatable bonds is 0. The molecule has 0 amide bonds. The first-order valence-electron chi connectivity index (χ1n) is 4.77. The second kappa shape index (κ2) is 2.97. The molecule has 76 valence electrons. The van der Waals surface area contributed by atoms with Crippen LogP contribution < -0.4 is 5.32 Å². The maximum atomic E-state index is 9.74. The zero-order valence-electron chi connectivity index (χ0n) is 8.41. The van der Waals surface area contributed by atoms with Crippen molar-refractivity contribution >= 4 is 0 Å². The SMILES string of the molecule is CC1(C)NC[C@H](O)c2cc(O)ccc21. The smallest absolute Gasteiger partial charge is 0.115 e. The Balaban J connectivity index is 2.57. The minimum atomic E-state index is -0.523. The van der Waals surface area contributed by atoms with Crippen LogP contribution in [-0.2, 0) is 5.54 Å². The number of β-amino-alcohol motifs (C(OH)–C–C–N with tert-alkyl or cyclic N) is 1. The Bertz CT molecular complexity index is 360. The summed E-state index contributed by atoms with van der Waals surface area (Å²) in [5.74, 6) is 0.209. The highest BCUT2D eigenvalue weighted by molar-refractivity contribution is 5.41. The number of phenols is 1. The molecule has 0 bridgehead atoms. The van der Waals surface area contributed by atoms with Gasteiger partial charge in [0.1, 0.15) is 5.75 Å². The van der Waals surface area contributed by atoms with Crippen LogP contribution in [0.2, 0.25) is 0 Å². The van der Waals surface area contributed by atoms with E-state index in [1.165, 1.54) is 0 Å². The summed E-state index contributed by atoms with van der Waals surface area (Å²) in [5.41, 5.74) is 1.74. The highest BCUT2D eigenvalue weighted by Crippen LogP contribution is 2.34. The van der Waals surface area contributed by atoms with Crippen LogP contribution in [0, 0.1) is 0 Å². The summed E-state index contributed by atoms with van der Waals surface area (Å²) in [4.78, 5) is 0. The number of fused-ring (bicyclic) bond motifs is 1. The molecule has 0 saturated carbocycles. The average molecular weight is 193 g/mol. The number of hydrogen-bond donors (Lipinski definition) is 3. The van der Waals surface area contributed by atoms with Crippen LogP contribution in [0.1, 0.15) is 31.1 Å². The molecule has 0 aromatic heterocycles. The minimum absolute atomic E-state index is 0.137. The van der Waals surface area contributed by atoms with Crippen molar-refractivity contribution in [2.45, 2.75) is 25.5 Å². The Morgan fingerprint density at radius 1 is 1.43 bits per heavy atom. The fraction of sp³-hybridized carbons (Fsp3) is 0.455. The van der Waals surface area contributed by atoms with Gasteiger partial charge in [-0.25, -0.2) is 0 Å². The van der Waals surface area contributed by atoms with Gasteiger partial charge in [0.05, 0.1) is 6.10 Å². The minimum Gasteiger partial charge on any atom is -0.508 e. The largest absolute Gasteiger partial charge is 0.508 e. The molecular formula is C11H15NO2. The lowest BCUT2D eigenvalue weighted by Gasteiger charge is -2.36. The highest BCUT2D eigenvalue weighted by atomic mass is 16.3. The molecule has 1 atom stereocenters. The maximum Gasteiger partial charge on any atom is 0.115 e. The standard InChI is InChI=1S/C11H15NO2/c1-11(2)9-4-3-7(13)5-8(9)10(14)6-12-11/h3-5,10,12-14H,6H2,1-2H3/t10-/m0/s1. The van der Waals surface area contributed by atoms with Gasteiger partial charge in [-0.2, -0.15) is 0 Å². The molecule has 0 aliphatic carbocycles. The van der Waals surface area contributed by atoms with E-state index >= 15 is 0 Å². The molecule has 1 aromatic rings. The van der Waals surface area contributed by atoms with Crippen molar-refractivity contribution in [3.63, 3.8) is 0 Å². The van der Waals surface area contributed by atoms with Crippen LogP contribution >= 0.6 is 0 Å². The van der Waals surface area contributed by atoms with Gasteiger partial charge in [-0.15, -0.1) is 0 Å². The summed E-state index contributed by atoms with van der Waals surface area (Å²) in [6, 6.07) is 5.16. The van der Waals surface area contributed by atoms with Gasteiger partial charge in [-0.3, -0.25) is 0 Å². The summed E-state index contributed by atoms with van der Waals surface area (Å²) in [6.07, 6.45) is -0.523. The van der Waals surface area contributed by atoms with E-state index in [4.69, 9.17) is 0 Å². The zero-order valence-corrected chi connectivity index (χ0v) is 8.41. The van der Waals surface area contributed by atoms with E-state index < -0.39 is 6.10 Å². The molecule has 1 aromatic carbocycles. The Labute approximate surface area is 83.4 Å². The van der Waals surface area contributed by atoms with Gasteiger partial charge in [0.2, 0.25) is 0 Å². The molecule has 14 heavy (non-hydrogen) atoms. The van der Waals surface area contributed by atoms with Gasteiger partial charge >= 0.3 is 0 Å². The van der Waals surface area contributed by atoms with Crippen LogP contribution in [0.3, 0.4) is 0 Å². The number of aliphatic hydroxyl groups excluding tert-OH is 1. The third-order valence-corrected chi connectivity index (χ3v) is 2.80. The first-order chi connectivity index (χ1) is 6.50. The quantitative estimate of drug-likeness (QED) is 0.581. The number of aromatic hydroxyl groups is 1. The average Bonchev–Trinajstić information content (AvgIpc) is 2.12. The second-order valence-corrected chi connectivity index (χ2v) is 4.29. The molecule has 3 nitrogen and oxygen atoms in total. The lowest BCUT2D eigenvalue weighted by molar-refractivity contribution is 0.142. The highest BCUT2D eigenvalue weighted by Gasteiger charge is 2.31. The van der Waals surface area contributed by atoms with E-state index in [-0.39, 0.29) is 11.3 Å². The van der Waals surface area contributed by atoms with Gasteiger partial charge in [-0.05, 0) is 37.1 Å². The summed E-state index contributed by atoms with van der Waals surface area (Å²) in [5, 5.41) is 22.3.